The van der Waals surface area contributed by atoms with Crippen LogP contribution in [0.5, 0.6) is 5.75 Å². The Balaban J connectivity index is 1.84. The second-order valence-corrected chi connectivity index (χ2v) is 6.25. The zero-order chi connectivity index (χ0) is 14.8. The molecule has 0 aromatic heterocycles. The quantitative estimate of drug-likeness (QED) is 0.897. The number of aliphatic hydroxyl groups excluding tert-OH is 1. The lowest BCUT2D eigenvalue weighted by atomic mass is 9.89. The zero-order valence-electron chi connectivity index (χ0n) is 13.0. The largest absolute Gasteiger partial charge is 0.487 e. The number of piperidine rings is 1. The van der Waals surface area contributed by atoms with Crippen LogP contribution in [-0.2, 0) is 0 Å². The Labute approximate surface area is 127 Å². The van der Waals surface area contributed by atoms with E-state index in [0.29, 0.717) is 5.92 Å². The third kappa shape index (κ3) is 3.01. The first kappa shape index (κ1) is 14.7. The van der Waals surface area contributed by atoms with Crippen molar-refractivity contribution in [2.24, 2.45) is 5.92 Å². The van der Waals surface area contributed by atoms with E-state index in [4.69, 9.17) is 4.74 Å². The maximum Gasteiger partial charge on any atom is 0.143 e. The minimum absolute atomic E-state index is 0.218. The SMILES string of the molecule is CCN1CC(C)Oc2ccc(C(O)C3CCCNC3)cc21. The molecular weight excluding hydrogens is 264 g/mol. The number of aliphatic hydroxyl groups is 1. The van der Waals surface area contributed by atoms with E-state index in [2.05, 4.69) is 30.1 Å². The molecule has 0 spiro atoms. The van der Waals surface area contributed by atoms with Gasteiger partial charge >= 0.3 is 0 Å². The molecule has 2 aliphatic heterocycles. The molecule has 2 aliphatic rings. The Morgan fingerprint density at radius 1 is 1.48 bits per heavy atom. The van der Waals surface area contributed by atoms with Crippen molar-refractivity contribution >= 4 is 5.69 Å². The zero-order valence-corrected chi connectivity index (χ0v) is 13.0. The minimum Gasteiger partial charge on any atom is -0.487 e. The molecule has 0 aliphatic carbocycles. The highest BCUT2D eigenvalue weighted by molar-refractivity contribution is 5.62. The van der Waals surface area contributed by atoms with Crippen molar-refractivity contribution < 1.29 is 9.84 Å². The predicted octanol–water partition coefficient (Wildman–Crippen LogP) is 2.33. The summed E-state index contributed by atoms with van der Waals surface area (Å²) in [6.07, 6.45) is 2.07. The Morgan fingerprint density at radius 3 is 3.05 bits per heavy atom. The lowest BCUT2D eigenvalue weighted by Crippen LogP contribution is -2.38. The predicted molar refractivity (Wildman–Crippen MR) is 85.0 cm³/mol. The molecule has 4 heteroatoms. The molecule has 4 nitrogen and oxygen atoms in total. The molecule has 0 bridgehead atoms. The molecule has 1 aromatic rings. The van der Waals surface area contributed by atoms with Gasteiger partial charge in [0.1, 0.15) is 11.9 Å². The van der Waals surface area contributed by atoms with Crippen LogP contribution in [0.25, 0.3) is 0 Å². The van der Waals surface area contributed by atoms with Crippen molar-refractivity contribution in [2.75, 3.05) is 31.1 Å². The van der Waals surface area contributed by atoms with E-state index in [1.165, 1.54) is 0 Å². The summed E-state index contributed by atoms with van der Waals surface area (Å²) in [5.74, 6) is 1.25. The van der Waals surface area contributed by atoms with Gasteiger partial charge in [-0.3, -0.25) is 0 Å². The first-order chi connectivity index (χ1) is 10.2. The smallest absolute Gasteiger partial charge is 0.143 e. The van der Waals surface area contributed by atoms with Crippen molar-refractivity contribution in [3.05, 3.63) is 23.8 Å². The normalized spacial score (nSPS) is 26.9. The Morgan fingerprint density at radius 2 is 2.33 bits per heavy atom. The number of ether oxygens (including phenoxy) is 1. The maximum atomic E-state index is 10.7. The van der Waals surface area contributed by atoms with Crippen molar-refractivity contribution in [1.29, 1.82) is 0 Å². The van der Waals surface area contributed by atoms with Crippen LogP contribution in [0.2, 0.25) is 0 Å². The highest BCUT2D eigenvalue weighted by Gasteiger charge is 2.26. The molecule has 3 unspecified atom stereocenters. The Kier molecular flexibility index (Phi) is 4.36. The maximum absolute atomic E-state index is 10.7. The summed E-state index contributed by atoms with van der Waals surface area (Å²) in [5, 5.41) is 14.0. The third-order valence-electron chi connectivity index (χ3n) is 4.63. The highest BCUT2D eigenvalue weighted by atomic mass is 16.5. The third-order valence-corrected chi connectivity index (χ3v) is 4.63. The molecule has 2 N–H and O–H groups in total. The summed E-state index contributed by atoms with van der Waals surface area (Å²) in [4.78, 5) is 2.33. The molecule has 1 aromatic carbocycles. The summed E-state index contributed by atoms with van der Waals surface area (Å²) in [7, 11) is 0. The van der Waals surface area contributed by atoms with Crippen LogP contribution in [-0.4, -0.2) is 37.4 Å². The van der Waals surface area contributed by atoms with Crippen LogP contribution in [0.15, 0.2) is 18.2 Å². The Hall–Kier alpha value is -1.26. The van der Waals surface area contributed by atoms with E-state index >= 15 is 0 Å². The number of fused-ring (bicyclic) bond motifs is 1. The number of hydrogen-bond acceptors (Lipinski definition) is 4. The van der Waals surface area contributed by atoms with Crippen LogP contribution in [0.3, 0.4) is 0 Å². The van der Waals surface area contributed by atoms with Gasteiger partial charge in [0.15, 0.2) is 0 Å². The molecule has 3 atom stereocenters. The number of nitrogens with one attached hydrogen (secondary N) is 1. The van der Waals surface area contributed by atoms with Gasteiger partial charge in [-0.1, -0.05) is 6.07 Å². The van der Waals surface area contributed by atoms with E-state index < -0.39 is 0 Å². The molecule has 0 saturated carbocycles. The summed E-state index contributed by atoms with van der Waals surface area (Å²) in [6, 6.07) is 6.15. The van der Waals surface area contributed by atoms with Gasteiger partial charge in [0.25, 0.3) is 0 Å². The van der Waals surface area contributed by atoms with E-state index in [0.717, 1.165) is 56.0 Å². The topological polar surface area (TPSA) is 44.7 Å². The molecule has 0 radical (unpaired) electrons. The molecule has 116 valence electrons. The fraction of sp³-hybridized carbons (Fsp3) is 0.647. The van der Waals surface area contributed by atoms with Gasteiger partial charge in [0.2, 0.25) is 0 Å². The van der Waals surface area contributed by atoms with Gasteiger partial charge < -0.3 is 20.1 Å². The van der Waals surface area contributed by atoms with Gasteiger partial charge in [0, 0.05) is 19.0 Å². The van der Waals surface area contributed by atoms with Crippen molar-refractivity contribution in [3.63, 3.8) is 0 Å². The van der Waals surface area contributed by atoms with Gasteiger partial charge in [0.05, 0.1) is 18.3 Å². The van der Waals surface area contributed by atoms with Crippen LogP contribution >= 0.6 is 0 Å². The number of nitrogens with zero attached hydrogens (tertiary/aromatic N) is 1. The van der Waals surface area contributed by atoms with Crippen LogP contribution < -0.4 is 15.0 Å². The van der Waals surface area contributed by atoms with Crippen LogP contribution in [0.4, 0.5) is 5.69 Å². The average molecular weight is 290 g/mol. The highest BCUT2D eigenvalue weighted by Crippen LogP contribution is 2.37. The second-order valence-electron chi connectivity index (χ2n) is 6.25. The van der Waals surface area contributed by atoms with Crippen LogP contribution in [0.1, 0.15) is 38.4 Å². The van der Waals surface area contributed by atoms with Gasteiger partial charge in [-0.25, -0.2) is 0 Å². The van der Waals surface area contributed by atoms with E-state index in [1.807, 2.05) is 12.1 Å². The first-order valence-corrected chi connectivity index (χ1v) is 8.13. The standard InChI is InChI=1S/C17H26N2O2/c1-3-19-11-12(2)21-16-7-6-13(9-15(16)19)17(20)14-5-4-8-18-10-14/h6-7,9,12,14,17-18,20H,3-5,8,10-11H2,1-2H3. The molecular formula is C17H26N2O2. The average Bonchev–Trinajstić information content (AvgIpc) is 2.53. The molecule has 2 heterocycles. The fourth-order valence-corrected chi connectivity index (χ4v) is 3.45. The minimum atomic E-state index is -0.388. The summed E-state index contributed by atoms with van der Waals surface area (Å²) < 4.78 is 5.91. The molecule has 1 saturated heterocycles. The number of likely N-dealkylation sites (N-methyl/N-ethyl adjacent to an activating group) is 1. The molecule has 3 rings (SSSR count). The molecule has 0 amide bonds. The summed E-state index contributed by atoms with van der Waals surface area (Å²) >= 11 is 0. The number of hydrogen-bond donors (Lipinski definition) is 2. The second kappa shape index (κ2) is 6.24. The van der Waals surface area contributed by atoms with Crippen molar-refractivity contribution in [3.8, 4) is 5.75 Å². The van der Waals surface area contributed by atoms with Crippen LogP contribution in [0, 0.1) is 5.92 Å². The summed E-state index contributed by atoms with van der Waals surface area (Å²) in [5.41, 5.74) is 2.13. The summed E-state index contributed by atoms with van der Waals surface area (Å²) in [6.45, 7) is 8.11. The van der Waals surface area contributed by atoms with E-state index in [9.17, 15) is 5.11 Å². The number of benzene rings is 1. The van der Waals surface area contributed by atoms with Crippen molar-refractivity contribution in [2.45, 2.75) is 38.9 Å². The fourth-order valence-electron chi connectivity index (χ4n) is 3.45. The van der Waals surface area contributed by atoms with Crippen molar-refractivity contribution in [1.82, 2.24) is 5.32 Å². The lowest BCUT2D eigenvalue weighted by Gasteiger charge is -2.35. The van der Waals surface area contributed by atoms with Gasteiger partial charge in [-0.05, 0) is 50.9 Å². The first-order valence-electron chi connectivity index (χ1n) is 8.13. The van der Waals surface area contributed by atoms with Gasteiger partial charge in [-0.15, -0.1) is 0 Å². The lowest BCUT2D eigenvalue weighted by molar-refractivity contribution is 0.0920. The molecule has 1 fully saturated rings. The van der Waals surface area contributed by atoms with E-state index in [-0.39, 0.29) is 12.2 Å². The molecule has 21 heavy (non-hydrogen) atoms. The number of anilines is 1. The Bertz CT molecular complexity index is 486. The monoisotopic (exact) mass is 290 g/mol. The van der Waals surface area contributed by atoms with E-state index in [1.54, 1.807) is 0 Å². The number of rotatable bonds is 3. The van der Waals surface area contributed by atoms with Gasteiger partial charge in [-0.2, -0.15) is 0 Å².